The Morgan fingerprint density at radius 3 is 2.65 bits per heavy atom. The van der Waals surface area contributed by atoms with Crippen LogP contribution >= 0.6 is 11.8 Å². The van der Waals surface area contributed by atoms with Crippen molar-refractivity contribution >= 4 is 21.8 Å². The molecule has 0 radical (unpaired) electrons. The van der Waals surface area contributed by atoms with Gasteiger partial charge < -0.3 is 5.11 Å². The van der Waals surface area contributed by atoms with E-state index in [2.05, 4.69) is 11.8 Å². The number of aliphatic hydroxyl groups is 1. The first-order valence-corrected chi connectivity index (χ1v) is 9.02. The number of benzene rings is 1. The van der Waals surface area contributed by atoms with E-state index in [4.69, 9.17) is 5.11 Å². The summed E-state index contributed by atoms with van der Waals surface area (Å²) in [5.41, 5.74) is 0.699. The van der Waals surface area contributed by atoms with Gasteiger partial charge in [-0.2, -0.15) is 16.1 Å². The normalized spacial score (nSPS) is 17.1. The van der Waals surface area contributed by atoms with Crippen molar-refractivity contribution in [1.82, 2.24) is 4.31 Å². The maximum atomic E-state index is 12.5. The number of sulfonamides is 1. The van der Waals surface area contributed by atoms with E-state index in [0.29, 0.717) is 23.5 Å². The van der Waals surface area contributed by atoms with Crippen LogP contribution in [-0.4, -0.2) is 49.0 Å². The number of hydrogen-bond donors (Lipinski definition) is 1. The summed E-state index contributed by atoms with van der Waals surface area (Å²) < 4.78 is 26.6. The molecular weight excluding hydrogens is 294 g/mol. The smallest absolute Gasteiger partial charge is 0.243 e. The average Bonchev–Trinajstić information content (AvgIpc) is 2.75. The highest BCUT2D eigenvalue weighted by Crippen LogP contribution is 2.20. The predicted octanol–water partition coefficient (Wildman–Crippen LogP) is 1.16. The lowest BCUT2D eigenvalue weighted by Crippen LogP contribution is -2.32. The van der Waals surface area contributed by atoms with Crippen molar-refractivity contribution in [2.24, 2.45) is 0 Å². The van der Waals surface area contributed by atoms with Gasteiger partial charge in [0, 0.05) is 24.4 Å². The molecule has 1 aromatic carbocycles. The molecule has 1 aliphatic heterocycles. The van der Waals surface area contributed by atoms with E-state index in [1.165, 1.54) is 0 Å². The fraction of sp³-hybridized carbons (Fsp3) is 0.429. The van der Waals surface area contributed by atoms with Crippen LogP contribution < -0.4 is 0 Å². The van der Waals surface area contributed by atoms with Crippen LogP contribution in [0.2, 0.25) is 0 Å². The average molecular weight is 311 g/mol. The van der Waals surface area contributed by atoms with E-state index in [1.54, 1.807) is 40.3 Å². The molecule has 2 rings (SSSR count). The van der Waals surface area contributed by atoms with Crippen molar-refractivity contribution in [3.05, 3.63) is 29.8 Å². The maximum Gasteiger partial charge on any atom is 0.243 e. The summed E-state index contributed by atoms with van der Waals surface area (Å²) in [4.78, 5) is 0.305. The molecule has 4 nitrogen and oxygen atoms in total. The highest BCUT2D eigenvalue weighted by molar-refractivity contribution is 7.99. The second-order valence-corrected chi connectivity index (χ2v) is 7.52. The third kappa shape index (κ3) is 3.76. The highest BCUT2D eigenvalue weighted by atomic mass is 32.2. The minimum Gasteiger partial charge on any atom is -0.384 e. The molecule has 0 saturated carbocycles. The van der Waals surface area contributed by atoms with Crippen LogP contribution in [0.3, 0.4) is 0 Å². The van der Waals surface area contributed by atoms with E-state index in [9.17, 15) is 8.42 Å². The largest absolute Gasteiger partial charge is 0.384 e. The van der Waals surface area contributed by atoms with Crippen LogP contribution in [0, 0.1) is 11.8 Å². The highest BCUT2D eigenvalue weighted by Gasteiger charge is 2.24. The maximum absolute atomic E-state index is 12.5. The minimum atomic E-state index is -3.40. The molecule has 1 aromatic rings. The summed E-state index contributed by atoms with van der Waals surface area (Å²) in [5.74, 6) is 7.15. The van der Waals surface area contributed by atoms with Crippen LogP contribution in [0.1, 0.15) is 12.0 Å². The lowest BCUT2D eigenvalue weighted by Gasteiger charge is -2.19. The van der Waals surface area contributed by atoms with Crippen molar-refractivity contribution in [3.63, 3.8) is 0 Å². The van der Waals surface area contributed by atoms with Crippen LogP contribution in [-0.2, 0) is 10.0 Å². The van der Waals surface area contributed by atoms with Crippen LogP contribution in [0.15, 0.2) is 29.2 Å². The zero-order chi connectivity index (χ0) is 14.4. The molecule has 20 heavy (non-hydrogen) atoms. The molecule has 1 heterocycles. The summed E-state index contributed by atoms with van der Waals surface area (Å²) in [6, 6.07) is 6.49. The number of rotatable bonds is 2. The van der Waals surface area contributed by atoms with Gasteiger partial charge in [0.05, 0.1) is 4.90 Å². The lowest BCUT2D eigenvalue weighted by molar-refractivity contribution is 0.350. The quantitative estimate of drug-likeness (QED) is 0.833. The second-order valence-electron chi connectivity index (χ2n) is 4.35. The Hall–Kier alpha value is -1.00. The minimum absolute atomic E-state index is 0.203. The third-order valence-corrected chi connectivity index (χ3v) is 5.95. The summed E-state index contributed by atoms with van der Waals surface area (Å²) in [6.07, 6.45) is 0.893. The first kappa shape index (κ1) is 15.4. The van der Waals surface area contributed by atoms with Gasteiger partial charge in [0.2, 0.25) is 10.0 Å². The molecule has 1 N–H and O–H groups in total. The Bertz CT molecular complexity index is 592. The Labute approximate surface area is 124 Å². The summed E-state index contributed by atoms with van der Waals surface area (Å²) in [6.45, 7) is 0.950. The van der Waals surface area contributed by atoms with Crippen molar-refractivity contribution < 1.29 is 13.5 Å². The van der Waals surface area contributed by atoms with E-state index in [0.717, 1.165) is 17.9 Å². The molecular formula is C14H17NO3S2. The van der Waals surface area contributed by atoms with E-state index in [1.807, 2.05) is 0 Å². The van der Waals surface area contributed by atoms with Gasteiger partial charge in [-0.05, 0) is 36.4 Å². The monoisotopic (exact) mass is 311 g/mol. The van der Waals surface area contributed by atoms with Gasteiger partial charge in [-0.1, -0.05) is 11.8 Å². The number of nitrogens with zero attached hydrogens (tertiary/aromatic N) is 1. The molecule has 0 atom stereocenters. The number of hydrogen-bond acceptors (Lipinski definition) is 4. The van der Waals surface area contributed by atoms with Gasteiger partial charge in [-0.15, -0.1) is 0 Å². The van der Waals surface area contributed by atoms with Gasteiger partial charge in [-0.3, -0.25) is 0 Å². The molecule has 0 unspecified atom stereocenters. The molecule has 0 aliphatic carbocycles. The summed E-state index contributed by atoms with van der Waals surface area (Å²) in [7, 11) is -3.40. The van der Waals surface area contributed by atoms with Crippen LogP contribution in [0.4, 0.5) is 0 Å². The lowest BCUT2D eigenvalue weighted by atomic mass is 10.2. The van der Waals surface area contributed by atoms with E-state index in [-0.39, 0.29) is 6.61 Å². The van der Waals surface area contributed by atoms with Gasteiger partial charge >= 0.3 is 0 Å². The first-order chi connectivity index (χ1) is 9.64. The first-order valence-electron chi connectivity index (χ1n) is 6.42. The van der Waals surface area contributed by atoms with E-state index < -0.39 is 10.0 Å². The fourth-order valence-corrected chi connectivity index (χ4v) is 4.45. The summed E-state index contributed by atoms with van der Waals surface area (Å²) >= 11 is 1.79. The molecule has 1 fully saturated rings. The summed E-state index contributed by atoms with van der Waals surface area (Å²) in [5, 5.41) is 8.63. The van der Waals surface area contributed by atoms with Gasteiger partial charge in [-0.25, -0.2) is 8.42 Å². The van der Waals surface area contributed by atoms with Crippen LogP contribution in [0.25, 0.3) is 0 Å². The second kappa shape index (κ2) is 7.14. The zero-order valence-corrected chi connectivity index (χ0v) is 12.7. The molecule has 1 saturated heterocycles. The molecule has 0 spiro atoms. The molecule has 108 valence electrons. The van der Waals surface area contributed by atoms with Crippen molar-refractivity contribution in [2.75, 3.05) is 31.2 Å². The zero-order valence-electron chi connectivity index (χ0n) is 11.1. The Morgan fingerprint density at radius 2 is 1.95 bits per heavy atom. The van der Waals surface area contributed by atoms with Gasteiger partial charge in [0.15, 0.2) is 0 Å². The Balaban J connectivity index is 2.20. The molecule has 0 amide bonds. The van der Waals surface area contributed by atoms with Crippen molar-refractivity contribution in [3.8, 4) is 11.8 Å². The van der Waals surface area contributed by atoms with Crippen molar-refractivity contribution in [1.29, 1.82) is 0 Å². The SMILES string of the molecule is O=S(=O)(c1ccc(C#CCO)cc1)N1CCCSCC1. The molecule has 1 aliphatic rings. The topological polar surface area (TPSA) is 57.6 Å². The number of thioether (sulfide) groups is 1. The Kier molecular flexibility index (Phi) is 5.49. The Morgan fingerprint density at radius 1 is 1.20 bits per heavy atom. The van der Waals surface area contributed by atoms with E-state index >= 15 is 0 Å². The van der Waals surface area contributed by atoms with Gasteiger partial charge in [0.25, 0.3) is 0 Å². The van der Waals surface area contributed by atoms with Gasteiger partial charge in [0.1, 0.15) is 6.61 Å². The molecule has 0 aromatic heterocycles. The predicted molar refractivity (Wildman–Crippen MR) is 81.1 cm³/mol. The standard InChI is InChI=1S/C14H17NO3S2/c16-10-1-3-13-4-6-14(7-5-13)20(17,18)15-8-2-11-19-12-9-15/h4-7,16H,2,8-12H2. The number of aliphatic hydroxyl groups excluding tert-OH is 1. The van der Waals surface area contributed by atoms with Crippen LogP contribution in [0.5, 0.6) is 0 Å². The molecule has 6 heteroatoms. The van der Waals surface area contributed by atoms with Crippen molar-refractivity contribution in [2.45, 2.75) is 11.3 Å². The molecule has 0 bridgehead atoms. The fourth-order valence-electron chi connectivity index (χ4n) is 1.96. The third-order valence-electron chi connectivity index (χ3n) is 2.99.